The molecule has 0 radical (unpaired) electrons. The highest BCUT2D eigenvalue weighted by molar-refractivity contribution is 5.93. The molecule has 2 aromatic carbocycles. The molecule has 0 unspecified atom stereocenters. The largest absolute Gasteiger partial charge is 0.497 e. The van der Waals surface area contributed by atoms with Crippen molar-refractivity contribution in [2.24, 2.45) is 0 Å². The minimum atomic E-state index is -0.603. The Morgan fingerprint density at radius 1 is 1.21 bits per heavy atom. The summed E-state index contributed by atoms with van der Waals surface area (Å²) in [6.45, 7) is 0.691. The average Bonchev–Trinajstić information content (AvgIpc) is 3.25. The lowest BCUT2D eigenvalue weighted by Crippen LogP contribution is -2.19. The zero-order valence-corrected chi connectivity index (χ0v) is 17.8. The highest BCUT2D eigenvalue weighted by Gasteiger charge is 2.23. The van der Waals surface area contributed by atoms with Gasteiger partial charge in [-0.2, -0.15) is 0 Å². The maximum absolute atomic E-state index is 12.6. The van der Waals surface area contributed by atoms with Crippen LogP contribution in [-0.4, -0.2) is 47.4 Å². The van der Waals surface area contributed by atoms with Gasteiger partial charge in [-0.3, -0.25) is 0 Å². The Balaban J connectivity index is 1.47. The standard InChI is InChI=1S/C23H21N3O7/c1-30-17-5-2-4-16(14-17)8-9-20-24-15-21(26(28)29)25(20)10-11-33-23(27)18-6-3-7-19-22(18)32-13-12-31-19/h2-9,14-15H,10-13H2,1H3/b9-8-. The van der Waals surface area contributed by atoms with Crippen LogP contribution in [0.5, 0.6) is 17.2 Å². The molecule has 1 aromatic heterocycles. The maximum atomic E-state index is 12.6. The van der Waals surface area contributed by atoms with E-state index in [2.05, 4.69) is 4.98 Å². The van der Waals surface area contributed by atoms with Crippen LogP contribution in [0.1, 0.15) is 21.7 Å². The number of carbonyl (C=O) groups is 1. The number of nitro groups is 1. The van der Waals surface area contributed by atoms with Crippen molar-refractivity contribution in [3.63, 3.8) is 0 Å². The number of rotatable bonds is 8. The molecule has 3 aromatic rings. The number of fused-ring (bicyclic) bond motifs is 1. The Labute approximate surface area is 189 Å². The van der Waals surface area contributed by atoms with E-state index in [0.29, 0.717) is 36.3 Å². The van der Waals surface area contributed by atoms with Crippen LogP contribution in [0.15, 0.2) is 48.7 Å². The molecule has 0 atom stereocenters. The van der Waals surface area contributed by atoms with Crippen molar-refractivity contribution in [3.05, 3.63) is 75.7 Å². The van der Waals surface area contributed by atoms with Gasteiger partial charge in [0.1, 0.15) is 43.9 Å². The van der Waals surface area contributed by atoms with Crippen LogP contribution >= 0.6 is 0 Å². The molecule has 0 fully saturated rings. The summed E-state index contributed by atoms with van der Waals surface area (Å²) in [4.78, 5) is 27.6. The fourth-order valence-corrected chi connectivity index (χ4v) is 3.35. The molecule has 0 spiro atoms. The summed E-state index contributed by atoms with van der Waals surface area (Å²) in [7, 11) is 1.57. The van der Waals surface area contributed by atoms with E-state index in [0.717, 1.165) is 5.56 Å². The third-order valence-corrected chi connectivity index (χ3v) is 4.91. The van der Waals surface area contributed by atoms with Crippen molar-refractivity contribution in [1.29, 1.82) is 0 Å². The van der Waals surface area contributed by atoms with Gasteiger partial charge < -0.3 is 29.1 Å². The van der Waals surface area contributed by atoms with Gasteiger partial charge in [-0.05, 0) is 40.8 Å². The highest BCUT2D eigenvalue weighted by Crippen LogP contribution is 2.34. The molecule has 0 amide bonds. The Morgan fingerprint density at radius 3 is 2.85 bits per heavy atom. The van der Waals surface area contributed by atoms with Crippen molar-refractivity contribution >= 4 is 23.9 Å². The molecule has 10 nitrogen and oxygen atoms in total. The molecule has 4 rings (SSSR count). The van der Waals surface area contributed by atoms with Gasteiger partial charge in [-0.25, -0.2) is 14.3 Å². The summed E-state index contributed by atoms with van der Waals surface area (Å²) in [6, 6.07) is 12.3. The first-order chi connectivity index (χ1) is 16.1. The number of carbonyl (C=O) groups excluding carboxylic acids is 1. The number of ether oxygens (including phenoxy) is 4. The Bertz CT molecular complexity index is 1200. The predicted molar refractivity (Wildman–Crippen MR) is 119 cm³/mol. The molecular weight excluding hydrogens is 430 g/mol. The third kappa shape index (κ3) is 4.95. The molecular formula is C23H21N3O7. The van der Waals surface area contributed by atoms with Gasteiger partial charge in [-0.1, -0.05) is 18.2 Å². The SMILES string of the molecule is COc1cccc(/C=C\c2ncc([N+](=O)[O-])n2CCOC(=O)c2cccc3c2OCCO3)c1. The van der Waals surface area contributed by atoms with E-state index in [4.69, 9.17) is 18.9 Å². The second-order valence-corrected chi connectivity index (χ2v) is 6.96. The fourth-order valence-electron chi connectivity index (χ4n) is 3.35. The van der Waals surface area contributed by atoms with Gasteiger partial charge in [0.05, 0.1) is 7.11 Å². The van der Waals surface area contributed by atoms with E-state index in [-0.39, 0.29) is 24.5 Å². The van der Waals surface area contributed by atoms with Crippen molar-refractivity contribution in [1.82, 2.24) is 9.55 Å². The van der Waals surface area contributed by atoms with Crippen molar-refractivity contribution in [2.75, 3.05) is 26.9 Å². The number of hydrogen-bond acceptors (Lipinski definition) is 8. The lowest BCUT2D eigenvalue weighted by Gasteiger charge is -2.20. The first-order valence-corrected chi connectivity index (χ1v) is 10.1. The smallest absolute Gasteiger partial charge is 0.343 e. The molecule has 0 saturated carbocycles. The monoisotopic (exact) mass is 451 g/mol. The fraction of sp³-hybridized carbons (Fsp3) is 0.217. The number of para-hydroxylation sites is 1. The van der Waals surface area contributed by atoms with Gasteiger partial charge in [0.25, 0.3) is 0 Å². The average molecular weight is 451 g/mol. The summed E-state index contributed by atoms with van der Waals surface area (Å²) < 4.78 is 23.0. The van der Waals surface area contributed by atoms with Crippen LogP contribution in [0, 0.1) is 10.1 Å². The number of aromatic nitrogens is 2. The minimum Gasteiger partial charge on any atom is -0.497 e. The lowest BCUT2D eigenvalue weighted by atomic mass is 10.2. The van der Waals surface area contributed by atoms with E-state index in [9.17, 15) is 14.9 Å². The maximum Gasteiger partial charge on any atom is 0.343 e. The number of hydrogen-bond donors (Lipinski definition) is 0. The highest BCUT2D eigenvalue weighted by atomic mass is 16.6. The number of nitrogens with zero attached hydrogens (tertiary/aromatic N) is 3. The summed E-state index contributed by atoms with van der Waals surface area (Å²) in [6.07, 6.45) is 4.60. The van der Waals surface area contributed by atoms with E-state index in [1.54, 1.807) is 37.5 Å². The molecule has 1 aliphatic rings. The molecule has 0 bridgehead atoms. The van der Waals surface area contributed by atoms with E-state index in [1.165, 1.54) is 10.8 Å². The number of imidazole rings is 1. The van der Waals surface area contributed by atoms with E-state index in [1.807, 2.05) is 24.3 Å². The topological polar surface area (TPSA) is 115 Å². The minimum absolute atomic E-state index is 0.0478. The van der Waals surface area contributed by atoms with Crippen LogP contribution in [0.3, 0.4) is 0 Å². The molecule has 1 aliphatic heterocycles. The zero-order valence-electron chi connectivity index (χ0n) is 17.8. The van der Waals surface area contributed by atoms with Crippen molar-refractivity contribution in [3.8, 4) is 17.2 Å². The summed E-state index contributed by atoms with van der Waals surface area (Å²) in [5.74, 6) is 1.05. The summed E-state index contributed by atoms with van der Waals surface area (Å²) in [5.41, 5.74) is 1.08. The van der Waals surface area contributed by atoms with Crippen LogP contribution in [0.2, 0.25) is 0 Å². The summed E-state index contributed by atoms with van der Waals surface area (Å²) in [5, 5.41) is 11.4. The van der Waals surface area contributed by atoms with Gasteiger partial charge in [0.2, 0.25) is 5.82 Å². The number of esters is 1. The first-order valence-electron chi connectivity index (χ1n) is 10.1. The van der Waals surface area contributed by atoms with Gasteiger partial charge in [0, 0.05) is 6.08 Å². The van der Waals surface area contributed by atoms with Crippen LogP contribution in [0.4, 0.5) is 5.82 Å². The lowest BCUT2D eigenvalue weighted by molar-refractivity contribution is -0.392. The Kier molecular flexibility index (Phi) is 6.53. The van der Waals surface area contributed by atoms with E-state index >= 15 is 0 Å². The molecule has 10 heteroatoms. The molecule has 170 valence electrons. The predicted octanol–water partition coefficient (Wildman–Crippen LogP) is 3.60. The van der Waals surface area contributed by atoms with Gasteiger partial charge in [-0.15, -0.1) is 0 Å². The van der Waals surface area contributed by atoms with Crippen molar-refractivity contribution < 1.29 is 28.7 Å². The normalized spacial score (nSPS) is 12.5. The van der Waals surface area contributed by atoms with Gasteiger partial charge >= 0.3 is 11.8 Å². The van der Waals surface area contributed by atoms with Gasteiger partial charge in [0.15, 0.2) is 11.5 Å². The second kappa shape index (κ2) is 9.86. The Hall–Kier alpha value is -4.34. The molecule has 2 heterocycles. The molecule has 0 saturated heterocycles. The quantitative estimate of drug-likeness (QED) is 0.290. The van der Waals surface area contributed by atoms with Crippen LogP contribution < -0.4 is 14.2 Å². The third-order valence-electron chi connectivity index (χ3n) is 4.91. The number of benzene rings is 2. The number of methoxy groups -OCH3 is 1. The molecule has 33 heavy (non-hydrogen) atoms. The van der Waals surface area contributed by atoms with Crippen LogP contribution in [-0.2, 0) is 11.3 Å². The molecule has 0 N–H and O–H groups in total. The second-order valence-electron chi connectivity index (χ2n) is 6.96. The summed E-state index contributed by atoms with van der Waals surface area (Å²) >= 11 is 0. The van der Waals surface area contributed by atoms with Crippen molar-refractivity contribution in [2.45, 2.75) is 6.54 Å². The van der Waals surface area contributed by atoms with Crippen LogP contribution in [0.25, 0.3) is 12.2 Å². The first kappa shape index (κ1) is 21.9. The molecule has 0 aliphatic carbocycles. The zero-order chi connectivity index (χ0) is 23.2. The Morgan fingerprint density at radius 2 is 2.03 bits per heavy atom. The van der Waals surface area contributed by atoms with E-state index < -0.39 is 10.9 Å².